The molecule has 3 rings (SSSR count). The van der Waals surface area contributed by atoms with Crippen molar-refractivity contribution >= 4 is 11.8 Å². The van der Waals surface area contributed by atoms with E-state index in [2.05, 4.69) is 5.32 Å². The highest BCUT2D eigenvalue weighted by molar-refractivity contribution is 5.96. The predicted octanol–water partition coefficient (Wildman–Crippen LogP) is 0.907. The van der Waals surface area contributed by atoms with E-state index in [9.17, 15) is 19.5 Å². The fraction of sp³-hybridized carbons (Fsp3) is 0.650. The Morgan fingerprint density at radius 2 is 1.93 bits per heavy atom. The van der Waals surface area contributed by atoms with E-state index in [-0.39, 0.29) is 18.4 Å². The number of aliphatic hydroxyl groups excluding tert-OH is 1. The average molecular weight is 392 g/mol. The number of nitrogens with zero attached hydrogens (tertiary/aromatic N) is 1. The van der Waals surface area contributed by atoms with Crippen LogP contribution >= 0.6 is 0 Å². The van der Waals surface area contributed by atoms with E-state index in [0.717, 1.165) is 0 Å². The molecule has 28 heavy (non-hydrogen) atoms. The number of nitrogens with one attached hydrogen (secondary N) is 1. The van der Waals surface area contributed by atoms with Crippen LogP contribution in [-0.4, -0.2) is 58.8 Å². The van der Waals surface area contributed by atoms with Gasteiger partial charge in [0.2, 0.25) is 5.91 Å². The Hall–Kier alpha value is -2.19. The van der Waals surface area contributed by atoms with Crippen molar-refractivity contribution in [2.75, 3.05) is 19.7 Å². The number of carbonyl (C=O) groups is 2. The number of piperidine rings is 1. The van der Waals surface area contributed by atoms with Gasteiger partial charge in [-0.3, -0.25) is 9.59 Å². The van der Waals surface area contributed by atoms with E-state index in [0.29, 0.717) is 49.2 Å². The molecule has 1 spiro atoms. The molecule has 2 saturated heterocycles. The summed E-state index contributed by atoms with van der Waals surface area (Å²) >= 11 is 0. The first kappa shape index (κ1) is 20.5. The lowest BCUT2D eigenvalue weighted by Gasteiger charge is -2.51. The summed E-state index contributed by atoms with van der Waals surface area (Å²) < 4.78 is 11.1. The number of amides is 2. The fourth-order valence-corrected chi connectivity index (χ4v) is 4.48. The Morgan fingerprint density at radius 3 is 2.50 bits per heavy atom. The molecule has 0 aliphatic carbocycles. The monoisotopic (exact) mass is 392 g/mol. The van der Waals surface area contributed by atoms with E-state index < -0.39 is 22.9 Å². The molecule has 2 N–H and O–H groups in total. The molecular weight excluding hydrogens is 364 g/mol. The summed E-state index contributed by atoms with van der Waals surface area (Å²) in [7, 11) is 0. The highest BCUT2D eigenvalue weighted by Crippen LogP contribution is 2.40. The summed E-state index contributed by atoms with van der Waals surface area (Å²) in [4.78, 5) is 37.8. The maximum absolute atomic E-state index is 13.0. The zero-order valence-electron chi connectivity index (χ0n) is 16.8. The summed E-state index contributed by atoms with van der Waals surface area (Å²) in [6, 6.07) is 1.33. The Labute approximate surface area is 163 Å². The third-order valence-corrected chi connectivity index (χ3v) is 5.94. The van der Waals surface area contributed by atoms with Crippen LogP contribution < -0.4 is 10.9 Å². The highest BCUT2D eigenvalue weighted by atomic mass is 16.5. The van der Waals surface area contributed by atoms with Gasteiger partial charge in [-0.2, -0.15) is 0 Å². The Morgan fingerprint density at radius 1 is 1.29 bits per heavy atom. The molecule has 0 aromatic carbocycles. The second kappa shape index (κ2) is 7.33. The number of ether oxygens (including phenoxy) is 1. The second-order valence-corrected chi connectivity index (χ2v) is 8.26. The van der Waals surface area contributed by atoms with Crippen LogP contribution in [0, 0.1) is 13.8 Å². The largest absolute Gasteiger partial charge is 0.427 e. The zero-order chi connectivity index (χ0) is 20.7. The average Bonchev–Trinajstić information content (AvgIpc) is 2.57. The molecule has 0 saturated carbocycles. The maximum Gasteiger partial charge on any atom is 0.336 e. The normalized spacial score (nSPS) is 26.9. The Balaban J connectivity index is 1.73. The van der Waals surface area contributed by atoms with Gasteiger partial charge in [0, 0.05) is 32.5 Å². The van der Waals surface area contributed by atoms with Gasteiger partial charge in [-0.25, -0.2) is 4.79 Å². The van der Waals surface area contributed by atoms with E-state index in [1.807, 2.05) is 6.92 Å². The quantitative estimate of drug-likeness (QED) is 0.774. The van der Waals surface area contributed by atoms with Crippen LogP contribution in [0.25, 0.3) is 0 Å². The number of rotatable bonds is 2. The van der Waals surface area contributed by atoms with Crippen molar-refractivity contribution in [2.45, 2.75) is 64.2 Å². The first-order valence-corrected chi connectivity index (χ1v) is 9.57. The van der Waals surface area contributed by atoms with E-state index in [1.165, 1.54) is 13.0 Å². The molecule has 0 unspecified atom stereocenters. The van der Waals surface area contributed by atoms with Crippen molar-refractivity contribution in [3.8, 4) is 0 Å². The van der Waals surface area contributed by atoms with Crippen LogP contribution in [0.1, 0.15) is 54.8 Å². The van der Waals surface area contributed by atoms with Crippen LogP contribution in [0.2, 0.25) is 0 Å². The van der Waals surface area contributed by atoms with Crippen LogP contribution in [0.15, 0.2) is 15.3 Å². The number of likely N-dealkylation sites (tertiary alicyclic amines) is 1. The molecule has 2 aliphatic heterocycles. The minimum Gasteiger partial charge on any atom is -0.427 e. The lowest BCUT2D eigenvalue weighted by Crippen LogP contribution is -2.65. The first-order valence-electron chi connectivity index (χ1n) is 9.57. The highest BCUT2D eigenvalue weighted by Gasteiger charge is 2.50. The summed E-state index contributed by atoms with van der Waals surface area (Å²) in [6.45, 7) is 7.74. The molecule has 8 nitrogen and oxygen atoms in total. The van der Waals surface area contributed by atoms with Gasteiger partial charge >= 0.3 is 5.63 Å². The number of hydrogen-bond acceptors (Lipinski definition) is 6. The van der Waals surface area contributed by atoms with Crippen molar-refractivity contribution in [3.63, 3.8) is 0 Å². The van der Waals surface area contributed by atoms with Crippen LogP contribution in [-0.2, 0) is 9.53 Å². The SMILES string of the molecule is CC(=O)N[C@]1(C)CC2(CCN(C(=O)c3c(C)cc(=O)oc3C)CC2)OC[C@H]1O. The van der Waals surface area contributed by atoms with E-state index in [4.69, 9.17) is 9.15 Å². The molecule has 0 radical (unpaired) electrons. The number of aryl methyl sites for hydroxylation is 2. The predicted molar refractivity (Wildman–Crippen MR) is 101 cm³/mol. The second-order valence-electron chi connectivity index (χ2n) is 8.26. The number of carbonyl (C=O) groups excluding carboxylic acids is 2. The van der Waals surface area contributed by atoms with Gasteiger partial charge in [0.1, 0.15) is 11.9 Å². The summed E-state index contributed by atoms with van der Waals surface area (Å²) in [5.41, 5.74) is -0.671. The van der Waals surface area contributed by atoms with Crippen LogP contribution in [0.4, 0.5) is 0 Å². The van der Waals surface area contributed by atoms with Gasteiger partial charge in [-0.1, -0.05) is 0 Å². The first-order chi connectivity index (χ1) is 13.1. The minimum absolute atomic E-state index is 0.146. The molecular formula is C20H28N2O6. The minimum atomic E-state index is -0.779. The van der Waals surface area contributed by atoms with Gasteiger partial charge in [-0.05, 0) is 39.2 Å². The van der Waals surface area contributed by atoms with Crippen molar-refractivity contribution in [1.29, 1.82) is 0 Å². The van der Waals surface area contributed by atoms with Gasteiger partial charge in [-0.15, -0.1) is 0 Å². The standard InChI is InChI=1S/C20H28N2O6/c1-12-9-16(25)28-13(2)17(12)18(26)22-7-5-20(6-8-22)11-19(4,21-14(3)23)15(24)10-27-20/h9,15,24H,5-8,10-11H2,1-4H3,(H,21,23)/t15-,19-/m1/s1. The van der Waals surface area contributed by atoms with Gasteiger partial charge in [0.25, 0.3) is 5.91 Å². The Bertz CT molecular complexity index is 813. The van der Waals surface area contributed by atoms with E-state index >= 15 is 0 Å². The van der Waals surface area contributed by atoms with Crippen LogP contribution in [0.5, 0.6) is 0 Å². The zero-order valence-corrected chi connectivity index (χ0v) is 16.8. The number of hydrogen-bond donors (Lipinski definition) is 2. The van der Waals surface area contributed by atoms with Gasteiger partial charge in [0.05, 0.1) is 23.3 Å². The van der Waals surface area contributed by atoms with Crippen LogP contribution in [0.3, 0.4) is 0 Å². The molecule has 3 heterocycles. The van der Waals surface area contributed by atoms with Crippen molar-refractivity contribution in [3.05, 3.63) is 33.4 Å². The number of aliphatic hydroxyl groups is 1. The summed E-state index contributed by atoms with van der Waals surface area (Å²) in [5.74, 6) is -0.0256. The lowest BCUT2D eigenvalue weighted by molar-refractivity contribution is -0.179. The molecule has 1 aromatic heterocycles. The third kappa shape index (κ3) is 3.84. The fourth-order valence-electron chi connectivity index (χ4n) is 4.48. The molecule has 1 aromatic rings. The molecule has 0 bridgehead atoms. The lowest BCUT2D eigenvalue weighted by atomic mass is 9.74. The van der Waals surface area contributed by atoms with Crippen molar-refractivity contribution in [2.24, 2.45) is 0 Å². The van der Waals surface area contributed by atoms with E-state index in [1.54, 1.807) is 18.7 Å². The molecule has 2 fully saturated rings. The molecule has 154 valence electrons. The summed E-state index contributed by atoms with van der Waals surface area (Å²) in [6.07, 6.45) is 0.922. The molecule has 2 atom stereocenters. The topological polar surface area (TPSA) is 109 Å². The molecule has 2 aliphatic rings. The Kier molecular flexibility index (Phi) is 5.38. The molecule has 8 heteroatoms. The smallest absolute Gasteiger partial charge is 0.336 e. The molecule has 2 amide bonds. The third-order valence-electron chi connectivity index (χ3n) is 5.94. The van der Waals surface area contributed by atoms with Gasteiger partial charge in [0.15, 0.2) is 0 Å². The van der Waals surface area contributed by atoms with Crippen molar-refractivity contribution in [1.82, 2.24) is 10.2 Å². The van der Waals surface area contributed by atoms with Gasteiger partial charge < -0.3 is 24.5 Å². The maximum atomic E-state index is 13.0. The summed E-state index contributed by atoms with van der Waals surface area (Å²) in [5, 5.41) is 13.2. The van der Waals surface area contributed by atoms with Crippen molar-refractivity contribution < 1.29 is 23.8 Å².